The molecule has 7 heteroatoms. The number of aromatic nitrogens is 1. The first-order chi connectivity index (χ1) is 9.41. The Morgan fingerprint density at radius 1 is 1.45 bits per heavy atom. The van der Waals surface area contributed by atoms with E-state index >= 15 is 0 Å². The first-order valence-corrected chi connectivity index (χ1v) is 6.20. The van der Waals surface area contributed by atoms with Gasteiger partial charge in [0, 0.05) is 18.0 Å². The Labute approximate surface area is 116 Å². The maximum Gasteiger partial charge on any atom is 0.341 e. The average Bonchev–Trinajstić information content (AvgIpc) is 3.11. The number of carboxylic acid groups (broad SMARTS) is 1. The number of carbonyl (C=O) groups is 1. The van der Waals surface area contributed by atoms with Crippen molar-refractivity contribution in [1.29, 1.82) is 0 Å². The average molecular weight is 300 g/mol. The van der Waals surface area contributed by atoms with Gasteiger partial charge in [-0.25, -0.2) is 13.6 Å². The van der Waals surface area contributed by atoms with Gasteiger partial charge in [-0.1, -0.05) is 11.6 Å². The molecule has 1 heterocycles. The molecule has 20 heavy (non-hydrogen) atoms. The molecular formula is C13H8ClF2NO3. The van der Waals surface area contributed by atoms with Gasteiger partial charge in [0.25, 0.3) is 0 Å². The number of pyridine rings is 1. The fraction of sp³-hybridized carbons (Fsp3) is 0.231. The summed E-state index contributed by atoms with van der Waals surface area (Å²) < 4.78 is 28.1. The molecule has 1 aromatic heterocycles. The minimum atomic E-state index is -1.41. The van der Waals surface area contributed by atoms with E-state index in [4.69, 9.17) is 16.7 Å². The van der Waals surface area contributed by atoms with Crippen LogP contribution in [0.25, 0.3) is 10.9 Å². The van der Waals surface area contributed by atoms with Crippen molar-refractivity contribution in [3.63, 3.8) is 0 Å². The molecule has 4 nitrogen and oxygen atoms in total. The molecule has 1 aliphatic rings. The van der Waals surface area contributed by atoms with Crippen LogP contribution in [0.2, 0.25) is 5.02 Å². The molecule has 1 aromatic carbocycles. The molecule has 1 aliphatic carbocycles. The first-order valence-electron chi connectivity index (χ1n) is 5.82. The third-order valence-corrected chi connectivity index (χ3v) is 3.71. The fourth-order valence-electron chi connectivity index (χ4n) is 2.24. The fourth-order valence-corrected chi connectivity index (χ4v) is 2.50. The Hall–Kier alpha value is -1.95. The van der Waals surface area contributed by atoms with E-state index in [0.29, 0.717) is 0 Å². The molecule has 0 bridgehead atoms. The standard InChI is InChI=1S/C13H8ClF2NO3/c14-10-7(15)2-1-5-11(10)17(9-3-8(9)16)4-6(12(5)18)13(19)20/h1-2,4,8-9H,3H2,(H,19,20)/t8-,9-/m1/s1. The minimum Gasteiger partial charge on any atom is -0.477 e. The molecule has 0 saturated heterocycles. The number of benzene rings is 1. The maximum atomic E-state index is 13.5. The molecule has 0 spiro atoms. The largest absolute Gasteiger partial charge is 0.477 e. The molecule has 0 amide bonds. The van der Waals surface area contributed by atoms with Gasteiger partial charge in [0.05, 0.1) is 11.6 Å². The number of fused-ring (bicyclic) bond motifs is 1. The van der Waals surface area contributed by atoms with Gasteiger partial charge in [0.2, 0.25) is 5.43 Å². The van der Waals surface area contributed by atoms with Crippen molar-refractivity contribution in [2.75, 3.05) is 0 Å². The summed E-state index contributed by atoms with van der Waals surface area (Å²) in [5.41, 5.74) is -1.22. The summed E-state index contributed by atoms with van der Waals surface area (Å²) in [5, 5.41) is 8.69. The Kier molecular flexibility index (Phi) is 2.79. The van der Waals surface area contributed by atoms with E-state index < -0.39 is 35.0 Å². The van der Waals surface area contributed by atoms with Crippen LogP contribution in [-0.2, 0) is 0 Å². The summed E-state index contributed by atoms with van der Waals surface area (Å²) in [6.07, 6.45) is 0.0635. The van der Waals surface area contributed by atoms with E-state index in [9.17, 15) is 18.4 Å². The lowest BCUT2D eigenvalue weighted by Gasteiger charge is -2.13. The number of carboxylic acids is 1. The molecule has 0 unspecified atom stereocenters. The lowest BCUT2D eigenvalue weighted by Crippen LogP contribution is -2.19. The van der Waals surface area contributed by atoms with E-state index in [1.165, 1.54) is 4.57 Å². The lowest BCUT2D eigenvalue weighted by molar-refractivity contribution is 0.0694. The Balaban J connectivity index is 2.45. The van der Waals surface area contributed by atoms with Crippen LogP contribution < -0.4 is 5.43 Å². The van der Waals surface area contributed by atoms with E-state index in [1.807, 2.05) is 0 Å². The molecule has 0 radical (unpaired) electrons. The van der Waals surface area contributed by atoms with Gasteiger partial charge < -0.3 is 9.67 Å². The molecule has 1 N–H and O–H groups in total. The van der Waals surface area contributed by atoms with Gasteiger partial charge in [0.15, 0.2) is 0 Å². The monoisotopic (exact) mass is 299 g/mol. The molecule has 2 aromatic rings. The number of alkyl halides is 1. The summed E-state index contributed by atoms with van der Waals surface area (Å²) in [6.45, 7) is 0. The zero-order valence-electron chi connectivity index (χ0n) is 9.94. The minimum absolute atomic E-state index is 0.0320. The van der Waals surface area contributed by atoms with Crippen LogP contribution in [0.1, 0.15) is 22.8 Å². The summed E-state index contributed by atoms with van der Waals surface area (Å²) >= 11 is 5.85. The predicted molar refractivity (Wildman–Crippen MR) is 68.7 cm³/mol. The molecule has 1 saturated carbocycles. The van der Waals surface area contributed by atoms with Crippen molar-refractivity contribution in [1.82, 2.24) is 4.57 Å². The third-order valence-electron chi connectivity index (χ3n) is 3.35. The van der Waals surface area contributed by atoms with Crippen molar-refractivity contribution in [2.45, 2.75) is 18.6 Å². The van der Waals surface area contributed by atoms with Crippen LogP contribution in [0, 0.1) is 5.82 Å². The normalized spacial score (nSPS) is 21.1. The van der Waals surface area contributed by atoms with Gasteiger partial charge >= 0.3 is 5.97 Å². The van der Waals surface area contributed by atoms with Gasteiger partial charge in [-0.2, -0.15) is 0 Å². The number of hydrogen-bond donors (Lipinski definition) is 1. The van der Waals surface area contributed by atoms with Gasteiger partial charge in [-0.3, -0.25) is 4.79 Å². The first kappa shape index (κ1) is 13.1. The van der Waals surface area contributed by atoms with Crippen molar-refractivity contribution in [2.24, 2.45) is 0 Å². The highest BCUT2D eigenvalue weighted by Crippen LogP contribution is 2.41. The van der Waals surface area contributed by atoms with Gasteiger partial charge in [0.1, 0.15) is 22.6 Å². The van der Waals surface area contributed by atoms with E-state index in [2.05, 4.69) is 0 Å². The number of halogens is 3. The number of rotatable bonds is 2. The quantitative estimate of drug-likeness (QED) is 0.927. The second-order valence-corrected chi connectivity index (χ2v) is 5.04. The number of hydrogen-bond acceptors (Lipinski definition) is 2. The van der Waals surface area contributed by atoms with Crippen LogP contribution in [-0.4, -0.2) is 21.8 Å². The van der Waals surface area contributed by atoms with Gasteiger partial charge in [-0.05, 0) is 12.1 Å². The van der Waals surface area contributed by atoms with Crippen LogP contribution in [0.5, 0.6) is 0 Å². The van der Waals surface area contributed by atoms with Crippen LogP contribution in [0.15, 0.2) is 23.1 Å². The van der Waals surface area contributed by atoms with E-state index in [1.54, 1.807) is 0 Å². The highest BCUT2D eigenvalue weighted by molar-refractivity contribution is 6.35. The van der Waals surface area contributed by atoms with Crippen LogP contribution in [0.4, 0.5) is 8.78 Å². The molecule has 3 rings (SSSR count). The second kappa shape index (κ2) is 4.28. The topological polar surface area (TPSA) is 59.3 Å². The lowest BCUT2D eigenvalue weighted by atomic mass is 10.1. The molecule has 0 aliphatic heterocycles. The maximum absolute atomic E-state index is 13.5. The molecule has 104 valence electrons. The predicted octanol–water partition coefficient (Wildman–Crippen LogP) is 2.78. The van der Waals surface area contributed by atoms with Crippen molar-refractivity contribution < 1.29 is 18.7 Å². The zero-order chi connectivity index (χ0) is 14.6. The summed E-state index contributed by atoms with van der Waals surface area (Å²) in [7, 11) is 0. The Morgan fingerprint density at radius 2 is 2.10 bits per heavy atom. The second-order valence-electron chi connectivity index (χ2n) is 4.66. The smallest absolute Gasteiger partial charge is 0.341 e. The SMILES string of the molecule is O=C(O)c1cn([C@@H]2C[C@H]2F)c2c(Cl)c(F)ccc2c1=O. The number of aromatic carboxylic acids is 1. The molecule has 1 fully saturated rings. The molecular weight excluding hydrogens is 292 g/mol. The Bertz CT molecular complexity index is 802. The summed E-state index contributed by atoms with van der Waals surface area (Å²) in [5.74, 6) is -2.16. The third kappa shape index (κ3) is 1.79. The van der Waals surface area contributed by atoms with Crippen molar-refractivity contribution in [3.05, 3.63) is 45.0 Å². The van der Waals surface area contributed by atoms with E-state index in [-0.39, 0.29) is 22.3 Å². The summed E-state index contributed by atoms with van der Waals surface area (Å²) in [6, 6.07) is 1.54. The van der Waals surface area contributed by atoms with Crippen molar-refractivity contribution in [3.8, 4) is 0 Å². The number of nitrogens with zero attached hydrogens (tertiary/aromatic N) is 1. The molecule has 2 atom stereocenters. The highest BCUT2D eigenvalue weighted by Gasteiger charge is 2.40. The zero-order valence-corrected chi connectivity index (χ0v) is 10.7. The Morgan fingerprint density at radius 3 is 2.65 bits per heavy atom. The van der Waals surface area contributed by atoms with Gasteiger partial charge in [-0.15, -0.1) is 0 Å². The van der Waals surface area contributed by atoms with Crippen molar-refractivity contribution >= 4 is 28.5 Å². The summed E-state index contributed by atoms with van der Waals surface area (Å²) in [4.78, 5) is 23.1. The van der Waals surface area contributed by atoms with Crippen LogP contribution in [0.3, 0.4) is 0 Å². The van der Waals surface area contributed by atoms with E-state index in [0.717, 1.165) is 18.3 Å². The van der Waals surface area contributed by atoms with Crippen LogP contribution >= 0.6 is 11.6 Å². The highest BCUT2D eigenvalue weighted by atomic mass is 35.5.